The van der Waals surface area contributed by atoms with Gasteiger partial charge >= 0.3 is 12.3 Å². The number of anilines is 1. The fraction of sp³-hybridized carbons (Fsp3) is 0.222. The second-order valence-corrected chi connectivity index (χ2v) is 10.1. The van der Waals surface area contributed by atoms with Crippen LogP contribution in [0.5, 0.6) is 5.75 Å². The number of para-hydroxylation sites is 1. The normalized spacial score (nSPS) is 11.5. The number of fused-ring (bicyclic) bond motifs is 1. The highest BCUT2D eigenvalue weighted by Crippen LogP contribution is 2.33. The van der Waals surface area contributed by atoms with E-state index in [-0.39, 0.29) is 21.9 Å². The van der Waals surface area contributed by atoms with Crippen molar-refractivity contribution in [2.45, 2.75) is 30.6 Å². The van der Waals surface area contributed by atoms with E-state index >= 15 is 0 Å². The van der Waals surface area contributed by atoms with Crippen LogP contribution in [-0.4, -0.2) is 33.5 Å². The molecule has 0 bridgehead atoms. The van der Waals surface area contributed by atoms with E-state index in [0.29, 0.717) is 40.3 Å². The third kappa shape index (κ3) is 6.85. The number of benzene rings is 3. The van der Waals surface area contributed by atoms with Crippen LogP contribution in [-0.2, 0) is 19.2 Å². The average molecular weight is 578 g/mol. The molecule has 0 unspecified atom stereocenters. The number of halogens is 4. The first-order chi connectivity index (χ1) is 18.4. The lowest BCUT2D eigenvalue weighted by Gasteiger charge is -2.14. The fourth-order valence-corrected chi connectivity index (χ4v) is 5.11. The van der Waals surface area contributed by atoms with Gasteiger partial charge in [0.05, 0.1) is 21.5 Å². The smallest absolute Gasteiger partial charge is 0.478 e. The summed E-state index contributed by atoms with van der Waals surface area (Å²) in [6.07, 6.45) is -4.41. The Balaban J connectivity index is 1.59. The van der Waals surface area contributed by atoms with Crippen LogP contribution in [0.2, 0.25) is 5.02 Å². The first-order valence-electron chi connectivity index (χ1n) is 11.7. The predicted molar refractivity (Wildman–Crippen MR) is 145 cm³/mol. The van der Waals surface area contributed by atoms with E-state index in [2.05, 4.69) is 10.1 Å². The van der Waals surface area contributed by atoms with Crippen LogP contribution >= 0.6 is 23.4 Å². The van der Waals surface area contributed by atoms with E-state index in [0.717, 1.165) is 11.1 Å². The van der Waals surface area contributed by atoms with Crippen LogP contribution in [0.25, 0.3) is 10.9 Å². The van der Waals surface area contributed by atoms with Crippen LogP contribution in [0.1, 0.15) is 27.0 Å². The Labute approximate surface area is 230 Å². The number of aromatic nitrogens is 2. The minimum Gasteiger partial charge on any atom is -0.478 e. The first kappa shape index (κ1) is 28.3. The molecular weight excluding hydrogens is 555 g/mol. The first-order valence-corrected chi connectivity index (χ1v) is 13.0. The maximum Gasteiger partial charge on any atom is 0.573 e. The van der Waals surface area contributed by atoms with Crippen LogP contribution in [0.4, 0.5) is 18.9 Å². The summed E-state index contributed by atoms with van der Waals surface area (Å²) in [7, 11) is 1.59. The number of hydrogen-bond acceptors (Lipinski definition) is 6. The molecule has 0 aliphatic heterocycles. The highest BCUT2D eigenvalue weighted by atomic mass is 35.5. The summed E-state index contributed by atoms with van der Waals surface area (Å²) in [5.74, 6) is -1.33. The number of carboxylic acid groups (broad SMARTS) is 1. The number of nitrogens with zero attached hydrogens (tertiary/aromatic N) is 2. The van der Waals surface area contributed by atoms with Crippen LogP contribution < -0.4 is 15.6 Å². The van der Waals surface area contributed by atoms with Gasteiger partial charge in [-0.1, -0.05) is 47.6 Å². The van der Waals surface area contributed by atoms with Crippen LogP contribution in [0.15, 0.2) is 64.5 Å². The number of hydrogen-bond donors (Lipinski definition) is 2. The number of rotatable bonds is 9. The predicted octanol–water partition coefficient (Wildman–Crippen LogP) is 6.44. The van der Waals surface area contributed by atoms with Crippen molar-refractivity contribution in [3.05, 3.63) is 92.2 Å². The molecule has 0 spiro atoms. The Morgan fingerprint density at radius 2 is 1.92 bits per heavy atom. The number of carbonyl (C=O) groups is 1. The van der Waals surface area contributed by atoms with E-state index in [1.54, 1.807) is 37.4 Å². The van der Waals surface area contributed by atoms with Gasteiger partial charge in [0.2, 0.25) is 0 Å². The molecule has 39 heavy (non-hydrogen) atoms. The monoisotopic (exact) mass is 577 g/mol. The summed E-state index contributed by atoms with van der Waals surface area (Å²) in [5.41, 5.74) is 3.08. The molecule has 204 valence electrons. The summed E-state index contributed by atoms with van der Waals surface area (Å²) < 4.78 is 43.5. The zero-order valence-corrected chi connectivity index (χ0v) is 22.4. The number of ether oxygens (including phenoxy) is 1. The molecule has 1 heterocycles. The van der Waals surface area contributed by atoms with Gasteiger partial charge in [-0.15, -0.1) is 13.2 Å². The molecule has 0 amide bonds. The zero-order chi connectivity index (χ0) is 28.3. The van der Waals surface area contributed by atoms with Crippen LogP contribution in [0.3, 0.4) is 0 Å². The molecular formula is C27H23ClF3N3O4S. The number of nitrogens with one attached hydrogen (secondary N) is 1. The number of thioether (sulfide) groups is 1. The molecule has 4 rings (SSSR count). The summed E-state index contributed by atoms with van der Waals surface area (Å²) in [5, 5.41) is 13.2. The molecule has 0 saturated carbocycles. The second kappa shape index (κ2) is 11.6. The van der Waals surface area contributed by atoms with Gasteiger partial charge in [0, 0.05) is 25.0 Å². The van der Waals surface area contributed by atoms with Gasteiger partial charge in [0.15, 0.2) is 5.16 Å². The minimum absolute atomic E-state index is 0.156. The van der Waals surface area contributed by atoms with E-state index in [1.807, 2.05) is 13.0 Å². The molecule has 1 aromatic heterocycles. The van der Waals surface area contributed by atoms with Crippen molar-refractivity contribution in [3.63, 3.8) is 0 Å². The number of carboxylic acids is 1. The van der Waals surface area contributed by atoms with Gasteiger partial charge in [-0.25, -0.2) is 9.78 Å². The standard InChI is InChI=1S/C27H23ClF3N3O4S/c1-15-11-17(9-10-32-21-6-4-3-5-18(21)25(36)37)23-19(12-15)24(35)34(2)26(33-23)39-14-16-7-8-20(28)22(13-16)38-27(29,30)31/h3-8,11-13,32H,9-10,14H2,1-2H3,(H,36,37). The lowest BCUT2D eigenvalue weighted by atomic mass is 10.0. The molecule has 3 aromatic carbocycles. The van der Waals surface area contributed by atoms with Gasteiger partial charge in [-0.05, 0) is 60.4 Å². The zero-order valence-electron chi connectivity index (χ0n) is 20.8. The Morgan fingerprint density at radius 1 is 1.18 bits per heavy atom. The molecule has 0 atom stereocenters. The second-order valence-electron chi connectivity index (χ2n) is 8.71. The quantitative estimate of drug-likeness (QED) is 0.175. The van der Waals surface area contributed by atoms with Gasteiger partial charge in [0.1, 0.15) is 5.75 Å². The van der Waals surface area contributed by atoms with E-state index in [1.165, 1.54) is 34.5 Å². The molecule has 0 aliphatic carbocycles. The third-order valence-electron chi connectivity index (χ3n) is 5.82. The molecule has 7 nitrogen and oxygen atoms in total. The summed E-state index contributed by atoms with van der Waals surface area (Å²) in [6.45, 7) is 2.27. The number of alkyl halides is 3. The van der Waals surface area contributed by atoms with Crippen molar-refractivity contribution in [1.82, 2.24) is 9.55 Å². The SMILES string of the molecule is Cc1cc(CCNc2ccccc2C(=O)O)c2nc(SCc3ccc(Cl)c(OC(F)(F)F)c3)n(C)c(=O)c2c1. The summed E-state index contributed by atoms with van der Waals surface area (Å²) in [4.78, 5) is 29.4. The summed E-state index contributed by atoms with van der Waals surface area (Å²) >= 11 is 7.03. The average Bonchev–Trinajstić information content (AvgIpc) is 2.87. The molecule has 0 saturated heterocycles. The third-order valence-corrected chi connectivity index (χ3v) is 7.23. The van der Waals surface area contributed by atoms with Gasteiger partial charge in [-0.3, -0.25) is 9.36 Å². The Bertz CT molecular complexity index is 1610. The molecule has 4 aromatic rings. The van der Waals surface area contributed by atoms with Crippen molar-refractivity contribution in [1.29, 1.82) is 0 Å². The lowest BCUT2D eigenvalue weighted by Crippen LogP contribution is -2.21. The van der Waals surface area contributed by atoms with E-state index < -0.39 is 18.1 Å². The van der Waals surface area contributed by atoms with Crippen molar-refractivity contribution in [2.75, 3.05) is 11.9 Å². The summed E-state index contributed by atoms with van der Waals surface area (Å²) in [6, 6.07) is 14.4. The number of aryl methyl sites for hydroxylation is 1. The van der Waals surface area contributed by atoms with Crippen molar-refractivity contribution in [2.24, 2.45) is 7.05 Å². The molecule has 12 heteroatoms. The Morgan fingerprint density at radius 3 is 2.64 bits per heavy atom. The van der Waals surface area contributed by atoms with Gasteiger partial charge in [-0.2, -0.15) is 0 Å². The van der Waals surface area contributed by atoms with Crippen molar-refractivity contribution >= 4 is 45.9 Å². The highest BCUT2D eigenvalue weighted by Gasteiger charge is 2.32. The molecule has 2 N–H and O–H groups in total. The van der Waals surface area contributed by atoms with Crippen molar-refractivity contribution < 1.29 is 27.8 Å². The van der Waals surface area contributed by atoms with E-state index in [4.69, 9.17) is 16.6 Å². The number of aromatic carboxylic acids is 1. The topological polar surface area (TPSA) is 93.4 Å². The lowest BCUT2D eigenvalue weighted by molar-refractivity contribution is -0.274. The van der Waals surface area contributed by atoms with Gasteiger partial charge < -0.3 is 15.2 Å². The highest BCUT2D eigenvalue weighted by molar-refractivity contribution is 7.98. The van der Waals surface area contributed by atoms with Crippen LogP contribution in [0, 0.1) is 6.92 Å². The van der Waals surface area contributed by atoms with Gasteiger partial charge in [0.25, 0.3) is 5.56 Å². The van der Waals surface area contributed by atoms with Crippen molar-refractivity contribution in [3.8, 4) is 5.75 Å². The maximum absolute atomic E-state index is 13.2. The Kier molecular flexibility index (Phi) is 8.41. The minimum atomic E-state index is -4.88. The molecule has 0 aliphatic rings. The Hall–Kier alpha value is -3.70. The largest absolute Gasteiger partial charge is 0.573 e. The maximum atomic E-state index is 13.2. The fourth-order valence-electron chi connectivity index (χ4n) is 4.05. The molecule has 0 fully saturated rings. The molecule has 0 radical (unpaired) electrons. The van der Waals surface area contributed by atoms with E-state index in [9.17, 15) is 27.9 Å².